The minimum absolute atomic E-state index is 0.109. The molecule has 0 radical (unpaired) electrons. The second kappa shape index (κ2) is 9.22. The molecule has 0 aromatic heterocycles. The molecule has 3 saturated heterocycles. The van der Waals surface area contributed by atoms with Crippen molar-refractivity contribution in [1.29, 1.82) is 0 Å². The summed E-state index contributed by atoms with van der Waals surface area (Å²) in [6, 6.07) is -1.53. The molecule has 0 aliphatic carbocycles. The molecule has 0 aromatic carbocycles. The topological polar surface area (TPSA) is 90.4 Å². The molecule has 1 spiro atoms. The predicted octanol–water partition coefficient (Wildman–Crippen LogP) is 1.59. The van der Waals surface area contributed by atoms with Gasteiger partial charge in [0.2, 0.25) is 17.7 Å². The van der Waals surface area contributed by atoms with Gasteiger partial charge in [-0.25, -0.2) is 0 Å². The number of aliphatic hydroxyl groups is 1. The van der Waals surface area contributed by atoms with E-state index in [1.807, 2.05) is 27.7 Å². The van der Waals surface area contributed by atoms with Crippen LogP contribution >= 0.6 is 0 Å². The summed E-state index contributed by atoms with van der Waals surface area (Å²) in [4.78, 5) is 46.3. The van der Waals surface area contributed by atoms with Crippen LogP contribution in [0.3, 0.4) is 0 Å². The third kappa shape index (κ3) is 3.71. The fraction of sp³-hybridized carbons (Fsp3) is 0.720. The summed E-state index contributed by atoms with van der Waals surface area (Å²) in [7, 11) is 1.69. The van der Waals surface area contributed by atoms with E-state index < -0.39 is 35.1 Å². The molecule has 8 heteroatoms. The van der Waals surface area contributed by atoms with Crippen molar-refractivity contribution in [3.63, 3.8) is 0 Å². The number of ether oxygens (including phenoxy) is 1. The minimum Gasteiger partial charge on any atom is -0.394 e. The van der Waals surface area contributed by atoms with Gasteiger partial charge in [0, 0.05) is 26.2 Å². The summed E-state index contributed by atoms with van der Waals surface area (Å²) in [5.74, 6) is -2.11. The van der Waals surface area contributed by atoms with E-state index in [0.29, 0.717) is 32.4 Å². The van der Waals surface area contributed by atoms with Crippen LogP contribution < -0.4 is 0 Å². The van der Waals surface area contributed by atoms with E-state index in [4.69, 9.17) is 4.74 Å². The third-order valence-electron chi connectivity index (χ3n) is 7.80. The van der Waals surface area contributed by atoms with Crippen molar-refractivity contribution in [2.45, 2.75) is 76.3 Å². The highest BCUT2D eigenvalue weighted by molar-refractivity contribution is 5.99. The van der Waals surface area contributed by atoms with Gasteiger partial charge in [-0.1, -0.05) is 19.1 Å². The number of likely N-dealkylation sites (tertiary alicyclic amines) is 1. The van der Waals surface area contributed by atoms with E-state index in [-0.39, 0.29) is 30.4 Å². The molecule has 3 aliphatic rings. The van der Waals surface area contributed by atoms with E-state index in [1.165, 1.54) is 4.90 Å². The van der Waals surface area contributed by atoms with Gasteiger partial charge in [-0.2, -0.15) is 0 Å². The number of aliphatic hydroxyl groups excluding tert-OH is 1. The van der Waals surface area contributed by atoms with Crippen molar-refractivity contribution >= 4 is 17.7 Å². The molecule has 3 rings (SSSR count). The zero-order valence-electron chi connectivity index (χ0n) is 20.6. The molecule has 3 fully saturated rings. The Labute approximate surface area is 197 Å². The summed E-state index contributed by atoms with van der Waals surface area (Å²) in [6.07, 6.45) is 4.91. The van der Waals surface area contributed by atoms with E-state index in [9.17, 15) is 19.5 Å². The molecule has 184 valence electrons. The fourth-order valence-electron chi connectivity index (χ4n) is 6.20. The van der Waals surface area contributed by atoms with Gasteiger partial charge in [-0.05, 0) is 40.0 Å². The van der Waals surface area contributed by atoms with Crippen molar-refractivity contribution in [2.75, 3.05) is 26.7 Å². The molecule has 8 nitrogen and oxygen atoms in total. The van der Waals surface area contributed by atoms with Gasteiger partial charge in [0.15, 0.2) is 0 Å². The maximum Gasteiger partial charge on any atom is 0.248 e. The van der Waals surface area contributed by atoms with Gasteiger partial charge in [0.05, 0.1) is 30.1 Å². The Morgan fingerprint density at radius 1 is 1.24 bits per heavy atom. The highest BCUT2D eigenvalue weighted by Crippen LogP contribution is 2.63. The smallest absolute Gasteiger partial charge is 0.248 e. The second-order valence-electron chi connectivity index (χ2n) is 10.1. The summed E-state index contributed by atoms with van der Waals surface area (Å²) in [5.41, 5.74) is -1.91. The first kappa shape index (κ1) is 25.4. The molecule has 3 aliphatic heterocycles. The van der Waals surface area contributed by atoms with Crippen LogP contribution in [-0.2, 0) is 19.1 Å². The lowest BCUT2D eigenvalue weighted by Crippen LogP contribution is -2.59. The Kier molecular flexibility index (Phi) is 7.10. The van der Waals surface area contributed by atoms with Crippen LogP contribution in [-0.4, -0.2) is 93.6 Å². The van der Waals surface area contributed by atoms with Gasteiger partial charge < -0.3 is 24.5 Å². The average Bonchev–Trinajstić information content (AvgIpc) is 3.33. The lowest BCUT2D eigenvalue weighted by atomic mass is 9.66. The zero-order valence-corrected chi connectivity index (χ0v) is 20.6. The number of hydrogen-bond acceptors (Lipinski definition) is 5. The van der Waals surface area contributed by atoms with Crippen LogP contribution in [0.5, 0.6) is 0 Å². The number of nitrogens with zero attached hydrogens (tertiary/aromatic N) is 3. The third-order valence-corrected chi connectivity index (χ3v) is 7.80. The predicted molar refractivity (Wildman–Crippen MR) is 125 cm³/mol. The number of rotatable bonds is 10. The van der Waals surface area contributed by atoms with Crippen LogP contribution in [0.2, 0.25) is 0 Å². The number of carbonyl (C=O) groups excluding carboxylic acids is 3. The first-order chi connectivity index (χ1) is 15.5. The number of likely N-dealkylation sites (N-methyl/N-ethyl adjacent to an activating group) is 1. The van der Waals surface area contributed by atoms with Crippen LogP contribution in [0.25, 0.3) is 0 Å². The van der Waals surface area contributed by atoms with Crippen LogP contribution in [0.1, 0.15) is 47.0 Å². The van der Waals surface area contributed by atoms with Crippen molar-refractivity contribution in [3.05, 3.63) is 25.3 Å². The van der Waals surface area contributed by atoms with Crippen molar-refractivity contribution in [1.82, 2.24) is 14.7 Å². The fourth-order valence-corrected chi connectivity index (χ4v) is 6.20. The van der Waals surface area contributed by atoms with E-state index >= 15 is 0 Å². The van der Waals surface area contributed by atoms with Crippen LogP contribution in [0.4, 0.5) is 0 Å². The van der Waals surface area contributed by atoms with Crippen LogP contribution in [0, 0.1) is 11.8 Å². The van der Waals surface area contributed by atoms with Crippen molar-refractivity contribution in [3.8, 4) is 0 Å². The first-order valence-electron chi connectivity index (χ1n) is 11.9. The highest BCUT2D eigenvalue weighted by Gasteiger charge is 2.78. The molecular formula is C25H39N3O5. The Balaban J connectivity index is 2.14. The molecule has 0 saturated carbocycles. The highest BCUT2D eigenvalue weighted by atomic mass is 16.5. The largest absolute Gasteiger partial charge is 0.394 e. The summed E-state index contributed by atoms with van der Waals surface area (Å²) < 4.78 is 6.62. The molecular weight excluding hydrogens is 422 g/mol. The zero-order chi connectivity index (χ0) is 24.7. The van der Waals surface area contributed by atoms with E-state index in [2.05, 4.69) is 13.2 Å². The van der Waals surface area contributed by atoms with E-state index in [1.54, 1.807) is 29.0 Å². The monoisotopic (exact) mass is 461 g/mol. The first-order valence-corrected chi connectivity index (χ1v) is 11.9. The molecule has 1 N–H and O–H groups in total. The Morgan fingerprint density at radius 2 is 1.88 bits per heavy atom. The van der Waals surface area contributed by atoms with Crippen LogP contribution in [0.15, 0.2) is 25.3 Å². The molecule has 3 amide bonds. The van der Waals surface area contributed by atoms with Gasteiger partial charge in [-0.3, -0.25) is 14.4 Å². The normalized spacial score (nSPS) is 33.2. The summed E-state index contributed by atoms with van der Waals surface area (Å²) >= 11 is 0. The van der Waals surface area contributed by atoms with Crippen molar-refractivity contribution in [2.24, 2.45) is 11.8 Å². The molecule has 2 unspecified atom stereocenters. The van der Waals surface area contributed by atoms with E-state index in [0.717, 1.165) is 0 Å². The number of hydrogen-bond donors (Lipinski definition) is 1. The molecule has 3 heterocycles. The van der Waals surface area contributed by atoms with Gasteiger partial charge in [0.25, 0.3) is 0 Å². The van der Waals surface area contributed by atoms with Crippen molar-refractivity contribution < 1.29 is 24.2 Å². The second-order valence-corrected chi connectivity index (χ2v) is 10.1. The Hall–Kier alpha value is -2.19. The molecule has 6 atom stereocenters. The average molecular weight is 462 g/mol. The Morgan fingerprint density at radius 3 is 2.39 bits per heavy atom. The SMILES string of the molecule is C=CCN(C)C(=O)[C@H]1[C@H]2C(=O)N([C@@H](CC)CO)C(C(=O)N(CC=C)C(C)C)C23CC[C@]1(C)O3. The summed E-state index contributed by atoms with van der Waals surface area (Å²) in [6.45, 7) is 15.6. The maximum absolute atomic E-state index is 14.0. The molecule has 0 aromatic rings. The summed E-state index contributed by atoms with van der Waals surface area (Å²) in [5, 5.41) is 10.1. The standard InChI is InChI=1S/C25H39N3O5/c1-8-13-26(7)21(30)18-19-22(31)28(17(10-3)15-29)20(23(32)27(14-9-2)16(4)5)25(19)12-11-24(18,6)33-25/h8-9,16-20,29H,1-2,10-15H2,3-7H3/t17-,18+,19-,20?,24-,25?/m0/s1. The lowest BCUT2D eigenvalue weighted by molar-refractivity contribution is -0.157. The Bertz CT molecular complexity index is 825. The maximum atomic E-state index is 14.0. The quantitative estimate of drug-likeness (QED) is 0.499. The number of fused-ring (bicyclic) bond motifs is 1. The van der Waals surface area contributed by atoms with Gasteiger partial charge in [-0.15, -0.1) is 13.2 Å². The lowest BCUT2D eigenvalue weighted by Gasteiger charge is -2.40. The van der Waals surface area contributed by atoms with Gasteiger partial charge in [0.1, 0.15) is 11.6 Å². The number of amides is 3. The van der Waals surface area contributed by atoms with Gasteiger partial charge >= 0.3 is 0 Å². The number of carbonyl (C=O) groups is 3. The minimum atomic E-state index is -1.09. The molecule has 2 bridgehead atoms. The molecule has 33 heavy (non-hydrogen) atoms.